The molecule has 114 valence electrons. The Morgan fingerprint density at radius 3 is 2.00 bits per heavy atom. The first-order chi connectivity index (χ1) is 9.09. The molecule has 1 atom stereocenters. The van der Waals surface area contributed by atoms with Crippen molar-refractivity contribution in [2.24, 2.45) is 11.1 Å². The van der Waals surface area contributed by atoms with Crippen LogP contribution >= 0.6 is 0 Å². The Labute approximate surface area is 124 Å². The normalized spacial score (nSPS) is 14.3. The minimum Gasteiger partial charge on any atom is -0.379 e. The molecule has 0 bridgehead atoms. The van der Waals surface area contributed by atoms with E-state index in [2.05, 4.69) is 65.8 Å². The molecule has 1 aromatic rings. The first-order valence-corrected chi connectivity index (χ1v) is 7.53. The van der Waals surface area contributed by atoms with E-state index in [1.807, 2.05) is 0 Å². The van der Waals surface area contributed by atoms with Gasteiger partial charge in [-0.15, -0.1) is 0 Å². The maximum absolute atomic E-state index is 6.18. The summed E-state index contributed by atoms with van der Waals surface area (Å²) < 4.78 is 5.70. The third-order valence-electron chi connectivity index (χ3n) is 3.50. The van der Waals surface area contributed by atoms with Gasteiger partial charge in [0, 0.05) is 6.61 Å². The lowest BCUT2D eigenvalue weighted by Gasteiger charge is -2.21. The van der Waals surface area contributed by atoms with Crippen LogP contribution in [0.3, 0.4) is 0 Å². The van der Waals surface area contributed by atoms with Gasteiger partial charge in [0.2, 0.25) is 0 Å². The van der Waals surface area contributed by atoms with Crippen LogP contribution in [0, 0.1) is 5.41 Å². The van der Waals surface area contributed by atoms with Gasteiger partial charge in [0.05, 0.1) is 12.6 Å². The van der Waals surface area contributed by atoms with Gasteiger partial charge in [0.15, 0.2) is 0 Å². The second-order valence-corrected chi connectivity index (χ2v) is 7.86. The van der Waals surface area contributed by atoms with Crippen molar-refractivity contribution in [3.05, 3.63) is 35.4 Å². The van der Waals surface area contributed by atoms with Crippen LogP contribution in [-0.4, -0.2) is 13.2 Å². The van der Waals surface area contributed by atoms with Crippen molar-refractivity contribution >= 4 is 0 Å². The molecule has 0 saturated heterocycles. The Hall–Kier alpha value is -0.860. The van der Waals surface area contributed by atoms with Crippen LogP contribution in [-0.2, 0) is 10.2 Å². The molecule has 1 aromatic carbocycles. The van der Waals surface area contributed by atoms with Crippen LogP contribution in [0.5, 0.6) is 0 Å². The van der Waals surface area contributed by atoms with Crippen molar-refractivity contribution in [1.29, 1.82) is 0 Å². The summed E-state index contributed by atoms with van der Waals surface area (Å²) in [5.74, 6) is 0. The van der Waals surface area contributed by atoms with E-state index in [1.54, 1.807) is 0 Å². The second-order valence-electron chi connectivity index (χ2n) is 7.86. The highest BCUT2D eigenvalue weighted by atomic mass is 16.5. The van der Waals surface area contributed by atoms with Crippen molar-refractivity contribution in [2.45, 2.75) is 59.4 Å². The summed E-state index contributed by atoms with van der Waals surface area (Å²) in [4.78, 5) is 0. The average Bonchev–Trinajstić information content (AvgIpc) is 2.32. The summed E-state index contributed by atoms with van der Waals surface area (Å²) >= 11 is 0. The van der Waals surface area contributed by atoms with Gasteiger partial charge in [-0.1, -0.05) is 65.8 Å². The fraction of sp³-hybridized carbons (Fsp3) is 0.667. The van der Waals surface area contributed by atoms with Gasteiger partial charge in [-0.3, -0.25) is 0 Å². The van der Waals surface area contributed by atoms with E-state index in [9.17, 15) is 0 Å². The molecule has 2 nitrogen and oxygen atoms in total. The summed E-state index contributed by atoms with van der Waals surface area (Å²) in [5.41, 5.74) is 9.17. The Morgan fingerprint density at radius 2 is 1.55 bits per heavy atom. The third kappa shape index (κ3) is 6.06. The largest absolute Gasteiger partial charge is 0.379 e. The molecule has 20 heavy (non-hydrogen) atoms. The molecule has 0 spiro atoms. The maximum atomic E-state index is 6.18. The van der Waals surface area contributed by atoms with Crippen LogP contribution in [0.1, 0.15) is 65.1 Å². The van der Waals surface area contributed by atoms with E-state index in [1.165, 1.54) is 5.56 Å². The van der Waals surface area contributed by atoms with Crippen molar-refractivity contribution in [1.82, 2.24) is 0 Å². The molecule has 2 heteroatoms. The Kier molecular flexibility index (Phi) is 5.79. The van der Waals surface area contributed by atoms with E-state index >= 15 is 0 Å². The summed E-state index contributed by atoms with van der Waals surface area (Å²) in [5, 5.41) is 0. The average molecular weight is 277 g/mol. The number of rotatable bonds is 5. The van der Waals surface area contributed by atoms with Crippen molar-refractivity contribution in [2.75, 3.05) is 13.2 Å². The number of hydrogen-bond acceptors (Lipinski definition) is 2. The molecule has 0 aliphatic heterocycles. The van der Waals surface area contributed by atoms with Gasteiger partial charge in [0.25, 0.3) is 0 Å². The Balaban J connectivity index is 2.46. The lowest BCUT2D eigenvalue weighted by Crippen LogP contribution is -2.19. The summed E-state index contributed by atoms with van der Waals surface area (Å²) in [6.07, 6.45) is 1.06. The molecule has 2 N–H and O–H groups in total. The Morgan fingerprint density at radius 1 is 1.00 bits per heavy atom. The molecule has 1 rings (SSSR count). The number of nitrogens with two attached hydrogens (primary N) is 1. The molecule has 0 radical (unpaired) electrons. The Bertz CT molecular complexity index is 395. The first-order valence-electron chi connectivity index (χ1n) is 7.53. The number of benzene rings is 1. The lowest BCUT2D eigenvalue weighted by atomic mass is 9.86. The quantitative estimate of drug-likeness (QED) is 0.808. The molecule has 0 saturated carbocycles. The summed E-state index contributed by atoms with van der Waals surface area (Å²) in [7, 11) is 0. The predicted octanol–water partition coefficient (Wildman–Crippen LogP) is 4.44. The zero-order valence-corrected chi connectivity index (χ0v) is 14.0. The van der Waals surface area contributed by atoms with Crippen LogP contribution in [0.15, 0.2) is 24.3 Å². The fourth-order valence-electron chi connectivity index (χ4n) is 1.92. The van der Waals surface area contributed by atoms with Crippen LogP contribution in [0.2, 0.25) is 0 Å². The molecule has 0 fully saturated rings. The van der Waals surface area contributed by atoms with Crippen LogP contribution in [0.25, 0.3) is 0 Å². The molecule has 0 amide bonds. The molecule has 1 unspecified atom stereocenters. The van der Waals surface area contributed by atoms with Gasteiger partial charge in [-0.2, -0.15) is 0 Å². The smallest absolute Gasteiger partial charge is 0.0659 e. The fourth-order valence-corrected chi connectivity index (χ4v) is 1.92. The molecule has 0 aromatic heterocycles. The van der Waals surface area contributed by atoms with Gasteiger partial charge >= 0.3 is 0 Å². The highest BCUT2D eigenvalue weighted by molar-refractivity contribution is 5.29. The highest BCUT2D eigenvalue weighted by Crippen LogP contribution is 2.24. The summed E-state index contributed by atoms with van der Waals surface area (Å²) in [6.45, 7) is 14.7. The zero-order valence-electron chi connectivity index (χ0n) is 14.0. The van der Waals surface area contributed by atoms with Crippen molar-refractivity contribution in [3.8, 4) is 0 Å². The number of ether oxygens (including phenoxy) is 1. The lowest BCUT2D eigenvalue weighted by molar-refractivity contribution is 0.0974. The standard InChI is InChI=1S/C18H31NO/c1-17(2,3)11-12-20-13-16(19)14-7-9-15(10-8-14)18(4,5)6/h7-10,16H,11-13,19H2,1-6H3. The topological polar surface area (TPSA) is 35.2 Å². The van der Waals surface area contributed by atoms with E-state index < -0.39 is 0 Å². The molecule has 0 aliphatic carbocycles. The molecule has 0 heterocycles. The van der Waals surface area contributed by atoms with E-state index in [0.717, 1.165) is 18.6 Å². The van der Waals surface area contributed by atoms with E-state index in [0.29, 0.717) is 12.0 Å². The van der Waals surface area contributed by atoms with Crippen molar-refractivity contribution in [3.63, 3.8) is 0 Å². The monoisotopic (exact) mass is 277 g/mol. The summed E-state index contributed by atoms with van der Waals surface area (Å²) in [6, 6.07) is 8.55. The van der Waals surface area contributed by atoms with Crippen molar-refractivity contribution < 1.29 is 4.74 Å². The van der Waals surface area contributed by atoms with Gasteiger partial charge < -0.3 is 10.5 Å². The van der Waals surface area contributed by atoms with Crippen LogP contribution in [0.4, 0.5) is 0 Å². The second kappa shape index (κ2) is 6.73. The van der Waals surface area contributed by atoms with E-state index in [-0.39, 0.29) is 11.5 Å². The highest BCUT2D eigenvalue weighted by Gasteiger charge is 2.14. The number of hydrogen-bond donors (Lipinski definition) is 1. The zero-order chi connectivity index (χ0) is 15.4. The molecular weight excluding hydrogens is 246 g/mol. The SMILES string of the molecule is CC(C)(C)CCOCC(N)c1ccc(C(C)(C)C)cc1. The minimum atomic E-state index is -0.0380. The first kappa shape index (κ1) is 17.2. The maximum Gasteiger partial charge on any atom is 0.0659 e. The molecular formula is C18H31NO. The predicted molar refractivity (Wildman–Crippen MR) is 87.0 cm³/mol. The van der Waals surface area contributed by atoms with Crippen LogP contribution < -0.4 is 5.73 Å². The third-order valence-corrected chi connectivity index (χ3v) is 3.50. The van der Waals surface area contributed by atoms with E-state index in [4.69, 9.17) is 10.5 Å². The minimum absolute atomic E-state index is 0.0380. The van der Waals surface area contributed by atoms with Gasteiger partial charge in [-0.25, -0.2) is 0 Å². The van der Waals surface area contributed by atoms with Gasteiger partial charge in [-0.05, 0) is 28.4 Å². The molecule has 0 aliphatic rings. The van der Waals surface area contributed by atoms with Gasteiger partial charge in [0.1, 0.15) is 0 Å².